The van der Waals surface area contributed by atoms with E-state index in [2.05, 4.69) is 0 Å². The standard InChI is InChI=1S/C17H19N3O4/c1-18(2)19-14-7-4-8-15(21)17(14)13(10-16(19)22)11-5-3-6-12(9-11)20(23)24/h3,5-6,9,13H,4,7-8,10H2,1-2H3/t13-/m1/s1. The molecule has 1 aliphatic carbocycles. The zero-order valence-electron chi connectivity index (χ0n) is 13.7. The monoisotopic (exact) mass is 329 g/mol. The summed E-state index contributed by atoms with van der Waals surface area (Å²) in [6, 6.07) is 6.24. The van der Waals surface area contributed by atoms with Gasteiger partial charge in [0.15, 0.2) is 5.78 Å². The number of benzene rings is 1. The van der Waals surface area contributed by atoms with E-state index in [4.69, 9.17) is 0 Å². The average molecular weight is 329 g/mol. The lowest BCUT2D eigenvalue weighted by molar-refractivity contribution is -0.384. The second-order valence-electron chi connectivity index (χ2n) is 6.30. The van der Waals surface area contributed by atoms with Gasteiger partial charge in [0.1, 0.15) is 0 Å². The fourth-order valence-corrected chi connectivity index (χ4v) is 3.58. The zero-order chi connectivity index (χ0) is 17.4. The summed E-state index contributed by atoms with van der Waals surface area (Å²) < 4.78 is 0. The van der Waals surface area contributed by atoms with Crippen molar-refractivity contribution in [1.82, 2.24) is 10.0 Å². The molecular weight excluding hydrogens is 310 g/mol. The van der Waals surface area contributed by atoms with Crippen molar-refractivity contribution in [2.45, 2.75) is 31.6 Å². The Kier molecular flexibility index (Phi) is 4.19. The van der Waals surface area contributed by atoms with E-state index in [0.29, 0.717) is 24.0 Å². The van der Waals surface area contributed by atoms with E-state index in [0.717, 1.165) is 12.1 Å². The van der Waals surface area contributed by atoms with Crippen LogP contribution in [0.15, 0.2) is 35.5 Å². The number of hydrogen-bond donors (Lipinski definition) is 0. The summed E-state index contributed by atoms with van der Waals surface area (Å²) in [4.78, 5) is 35.7. The zero-order valence-corrected chi connectivity index (χ0v) is 13.7. The molecule has 0 saturated heterocycles. The lowest BCUT2D eigenvalue weighted by Crippen LogP contribution is -2.47. The SMILES string of the molecule is CN(C)N1C(=O)C[C@H](c2cccc([N+](=O)[O-])c2)C2=C1CCCC2=O. The number of nitrogens with zero attached hydrogens (tertiary/aromatic N) is 3. The summed E-state index contributed by atoms with van der Waals surface area (Å²) in [5.41, 5.74) is 2.00. The number of rotatable bonds is 3. The minimum atomic E-state index is -0.460. The predicted molar refractivity (Wildman–Crippen MR) is 86.9 cm³/mol. The number of hydrazine groups is 1. The molecule has 1 aromatic carbocycles. The van der Waals surface area contributed by atoms with E-state index in [1.54, 1.807) is 36.2 Å². The van der Waals surface area contributed by atoms with Crippen LogP contribution in [-0.2, 0) is 9.59 Å². The van der Waals surface area contributed by atoms with Crippen LogP contribution in [0.4, 0.5) is 5.69 Å². The van der Waals surface area contributed by atoms with Gasteiger partial charge in [0, 0.05) is 56.3 Å². The van der Waals surface area contributed by atoms with E-state index < -0.39 is 10.8 Å². The molecule has 126 valence electrons. The lowest BCUT2D eigenvalue weighted by Gasteiger charge is -2.40. The van der Waals surface area contributed by atoms with Gasteiger partial charge in [-0.15, -0.1) is 0 Å². The summed E-state index contributed by atoms with van der Waals surface area (Å²) in [5, 5.41) is 14.3. The first kappa shape index (κ1) is 16.3. The molecule has 0 fully saturated rings. The van der Waals surface area contributed by atoms with Crippen molar-refractivity contribution in [3.05, 3.63) is 51.2 Å². The first-order chi connectivity index (χ1) is 11.4. The Labute approximate surface area is 139 Å². The highest BCUT2D eigenvalue weighted by atomic mass is 16.6. The highest BCUT2D eigenvalue weighted by molar-refractivity contribution is 6.01. The number of hydrogen-bond acceptors (Lipinski definition) is 5. The molecular formula is C17H19N3O4. The molecule has 3 rings (SSSR count). The molecule has 7 nitrogen and oxygen atoms in total. The maximum absolute atomic E-state index is 12.6. The van der Waals surface area contributed by atoms with Crippen molar-refractivity contribution in [3.8, 4) is 0 Å². The van der Waals surface area contributed by atoms with Crippen LogP contribution in [0.25, 0.3) is 0 Å². The van der Waals surface area contributed by atoms with Gasteiger partial charge in [-0.25, -0.2) is 10.0 Å². The second kappa shape index (κ2) is 6.16. The maximum Gasteiger partial charge on any atom is 0.269 e. The topological polar surface area (TPSA) is 83.8 Å². The minimum absolute atomic E-state index is 0.0274. The summed E-state index contributed by atoms with van der Waals surface area (Å²) in [5.74, 6) is -0.464. The molecule has 0 bridgehead atoms. The average Bonchev–Trinajstić information content (AvgIpc) is 2.53. The van der Waals surface area contributed by atoms with Crippen LogP contribution in [0.3, 0.4) is 0 Å². The Balaban J connectivity index is 2.12. The summed E-state index contributed by atoms with van der Waals surface area (Å²) in [7, 11) is 3.55. The van der Waals surface area contributed by atoms with E-state index in [-0.39, 0.29) is 23.8 Å². The van der Waals surface area contributed by atoms with Crippen molar-refractivity contribution in [3.63, 3.8) is 0 Å². The van der Waals surface area contributed by atoms with Gasteiger partial charge < -0.3 is 0 Å². The predicted octanol–water partition coefficient (Wildman–Crippen LogP) is 2.39. The Morgan fingerprint density at radius 1 is 1.25 bits per heavy atom. The van der Waals surface area contributed by atoms with Crippen LogP contribution < -0.4 is 0 Å². The molecule has 1 aliphatic heterocycles. The quantitative estimate of drug-likeness (QED) is 0.628. The fourth-order valence-electron chi connectivity index (χ4n) is 3.58. The third-order valence-electron chi connectivity index (χ3n) is 4.53. The molecule has 0 spiro atoms. The largest absolute Gasteiger partial charge is 0.294 e. The van der Waals surface area contributed by atoms with Crippen molar-refractivity contribution < 1.29 is 14.5 Å². The van der Waals surface area contributed by atoms with Gasteiger partial charge in [0.05, 0.1) is 4.92 Å². The third-order valence-corrected chi connectivity index (χ3v) is 4.53. The van der Waals surface area contributed by atoms with Crippen molar-refractivity contribution in [2.24, 2.45) is 0 Å². The number of nitro benzene ring substituents is 1. The van der Waals surface area contributed by atoms with Crippen molar-refractivity contribution in [1.29, 1.82) is 0 Å². The Bertz CT molecular complexity index is 754. The Hall–Kier alpha value is -2.54. The number of carbonyl (C=O) groups excluding carboxylic acids is 2. The summed E-state index contributed by atoms with van der Waals surface area (Å²) in [6.45, 7) is 0. The normalized spacial score (nSPS) is 21.3. The van der Waals surface area contributed by atoms with Crippen molar-refractivity contribution in [2.75, 3.05) is 14.1 Å². The van der Waals surface area contributed by atoms with E-state index >= 15 is 0 Å². The fraction of sp³-hybridized carbons (Fsp3) is 0.412. The summed E-state index contributed by atoms with van der Waals surface area (Å²) >= 11 is 0. The van der Waals surface area contributed by atoms with Crippen LogP contribution in [-0.4, -0.2) is 40.7 Å². The Morgan fingerprint density at radius 2 is 2.00 bits per heavy atom. The number of allylic oxidation sites excluding steroid dienone is 2. The Morgan fingerprint density at radius 3 is 2.67 bits per heavy atom. The molecule has 0 N–H and O–H groups in total. The smallest absolute Gasteiger partial charge is 0.269 e. The molecule has 1 heterocycles. The molecule has 24 heavy (non-hydrogen) atoms. The van der Waals surface area contributed by atoms with Gasteiger partial charge in [0.2, 0.25) is 5.91 Å². The van der Waals surface area contributed by atoms with Gasteiger partial charge in [-0.2, -0.15) is 0 Å². The number of non-ortho nitro benzene ring substituents is 1. The molecule has 1 aromatic rings. The first-order valence-corrected chi connectivity index (χ1v) is 7.91. The summed E-state index contributed by atoms with van der Waals surface area (Å²) in [6.07, 6.45) is 1.98. The van der Waals surface area contributed by atoms with Crippen LogP contribution >= 0.6 is 0 Å². The number of amides is 1. The number of nitro groups is 1. The molecule has 1 atom stereocenters. The van der Waals surface area contributed by atoms with Gasteiger partial charge >= 0.3 is 0 Å². The van der Waals surface area contributed by atoms with Crippen molar-refractivity contribution >= 4 is 17.4 Å². The molecule has 0 aromatic heterocycles. The van der Waals surface area contributed by atoms with E-state index in [1.165, 1.54) is 12.1 Å². The second-order valence-corrected chi connectivity index (χ2v) is 6.30. The molecule has 7 heteroatoms. The maximum atomic E-state index is 12.6. The number of ketones is 1. The van der Waals surface area contributed by atoms with Gasteiger partial charge in [0.25, 0.3) is 5.69 Å². The van der Waals surface area contributed by atoms with Gasteiger partial charge in [-0.1, -0.05) is 12.1 Å². The molecule has 2 aliphatic rings. The number of carbonyl (C=O) groups is 2. The number of Topliss-reactive ketones (excluding diaryl/α,β-unsaturated/α-hetero) is 1. The van der Waals surface area contributed by atoms with Crippen LogP contribution in [0.5, 0.6) is 0 Å². The van der Waals surface area contributed by atoms with E-state index in [9.17, 15) is 19.7 Å². The van der Waals surface area contributed by atoms with Gasteiger partial charge in [-0.3, -0.25) is 19.7 Å². The highest BCUT2D eigenvalue weighted by Crippen LogP contribution is 2.42. The molecule has 0 radical (unpaired) electrons. The van der Waals surface area contributed by atoms with E-state index in [1.807, 2.05) is 0 Å². The highest BCUT2D eigenvalue weighted by Gasteiger charge is 2.40. The van der Waals surface area contributed by atoms with Crippen LogP contribution in [0.2, 0.25) is 0 Å². The lowest BCUT2D eigenvalue weighted by atomic mass is 9.77. The molecule has 1 amide bonds. The molecule has 0 unspecified atom stereocenters. The van der Waals surface area contributed by atoms with Crippen LogP contribution in [0.1, 0.15) is 37.2 Å². The molecule has 0 saturated carbocycles. The van der Waals surface area contributed by atoms with Crippen LogP contribution in [0, 0.1) is 10.1 Å². The third kappa shape index (κ3) is 2.71. The first-order valence-electron chi connectivity index (χ1n) is 7.91. The minimum Gasteiger partial charge on any atom is -0.294 e. The van der Waals surface area contributed by atoms with Gasteiger partial charge in [-0.05, 0) is 18.4 Å².